The second-order valence-corrected chi connectivity index (χ2v) is 8.00. The second kappa shape index (κ2) is 7.46. The number of nitrogens with one attached hydrogen (secondary N) is 3. The van der Waals surface area contributed by atoms with Crippen LogP contribution in [0.5, 0.6) is 0 Å². The maximum absolute atomic E-state index is 12.6. The number of aryl methyl sites for hydroxylation is 1. The Labute approximate surface area is 162 Å². The van der Waals surface area contributed by atoms with Crippen molar-refractivity contribution in [3.63, 3.8) is 0 Å². The quantitative estimate of drug-likeness (QED) is 0.626. The summed E-state index contributed by atoms with van der Waals surface area (Å²) in [5.41, 5.74) is 1.79. The molecule has 0 bridgehead atoms. The first-order chi connectivity index (χ1) is 12.4. The summed E-state index contributed by atoms with van der Waals surface area (Å²) in [4.78, 5) is 38.0. The molecule has 0 saturated carbocycles. The van der Waals surface area contributed by atoms with E-state index >= 15 is 0 Å². The Morgan fingerprint density at radius 2 is 2.00 bits per heavy atom. The largest absolute Gasteiger partial charge is 0.344 e. The molecule has 5 amide bonds. The number of halogens is 1. The SMILES string of the molecule is C[C@@]1(CCc2cccs2)NC(=O)N(NC(=O)Nc2ccc(Br)cc2)C1=O. The number of amides is 5. The number of hydrogen-bond acceptors (Lipinski definition) is 4. The number of rotatable bonds is 5. The zero-order valence-electron chi connectivity index (χ0n) is 13.9. The van der Waals surface area contributed by atoms with Crippen molar-refractivity contribution in [3.05, 3.63) is 51.1 Å². The fraction of sp³-hybridized carbons (Fsp3) is 0.235. The zero-order valence-corrected chi connectivity index (χ0v) is 16.3. The number of anilines is 1. The Morgan fingerprint density at radius 3 is 2.65 bits per heavy atom. The smallest absolute Gasteiger partial charge is 0.322 e. The molecular weight excluding hydrogens is 420 g/mol. The minimum absolute atomic E-state index is 0.449. The standard InChI is InChI=1S/C17H17BrN4O3S/c1-17(9-8-13-3-2-10-26-13)14(23)22(16(25)20-17)21-15(24)19-12-6-4-11(18)5-7-12/h2-7,10H,8-9H2,1H3,(H,20,25)(H2,19,21,24)/t17-/m0/s1. The van der Waals surface area contributed by atoms with Crippen LogP contribution in [-0.4, -0.2) is 28.5 Å². The van der Waals surface area contributed by atoms with E-state index in [0.717, 1.165) is 14.4 Å². The van der Waals surface area contributed by atoms with Gasteiger partial charge in [-0.3, -0.25) is 4.79 Å². The fourth-order valence-corrected chi connectivity index (χ4v) is 3.55. The molecule has 9 heteroatoms. The number of hydrazine groups is 1. The third-order valence-corrected chi connectivity index (χ3v) is 5.49. The number of urea groups is 2. The van der Waals surface area contributed by atoms with E-state index in [1.807, 2.05) is 17.5 Å². The van der Waals surface area contributed by atoms with Crippen molar-refractivity contribution in [2.24, 2.45) is 0 Å². The maximum Gasteiger partial charge on any atom is 0.344 e. The first-order valence-electron chi connectivity index (χ1n) is 7.90. The van der Waals surface area contributed by atoms with Crippen molar-refractivity contribution < 1.29 is 14.4 Å². The van der Waals surface area contributed by atoms with E-state index in [1.54, 1.807) is 42.5 Å². The molecule has 136 valence electrons. The molecule has 1 aromatic heterocycles. The molecule has 1 atom stereocenters. The van der Waals surface area contributed by atoms with Gasteiger partial charge in [-0.05, 0) is 55.5 Å². The lowest BCUT2D eigenvalue weighted by atomic mass is 9.96. The van der Waals surface area contributed by atoms with Gasteiger partial charge in [0.15, 0.2) is 0 Å². The van der Waals surface area contributed by atoms with Crippen molar-refractivity contribution >= 4 is 50.9 Å². The van der Waals surface area contributed by atoms with Crippen molar-refractivity contribution in [2.45, 2.75) is 25.3 Å². The Morgan fingerprint density at radius 1 is 1.27 bits per heavy atom. The summed E-state index contributed by atoms with van der Waals surface area (Å²) in [5, 5.41) is 7.93. The van der Waals surface area contributed by atoms with Gasteiger partial charge in [0.25, 0.3) is 5.91 Å². The van der Waals surface area contributed by atoms with Gasteiger partial charge in [0.1, 0.15) is 5.54 Å². The van der Waals surface area contributed by atoms with Crippen LogP contribution < -0.4 is 16.1 Å². The van der Waals surface area contributed by atoms with E-state index in [2.05, 4.69) is 32.0 Å². The van der Waals surface area contributed by atoms with E-state index in [4.69, 9.17) is 0 Å². The van der Waals surface area contributed by atoms with Crippen LogP contribution >= 0.6 is 27.3 Å². The normalized spacial score (nSPS) is 19.4. The first kappa shape index (κ1) is 18.4. The molecule has 26 heavy (non-hydrogen) atoms. The molecule has 1 saturated heterocycles. The molecule has 0 spiro atoms. The maximum atomic E-state index is 12.6. The van der Waals surface area contributed by atoms with Crippen LogP contribution in [0.1, 0.15) is 18.2 Å². The summed E-state index contributed by atoms with van der Waals surface area (Å²) in [5.74, 6) is -0.481. The lowest BCUT2D eigenvalue weighted by molar-refractivity contribution is -0.132. The molecule has 1 aliphatic rings. The van der Waals surface area contributed by atoms with Gasteiger partial charge in [0, 0.05) is 15.0 Å². The van der Waals surface area contributed by atoms with Gasteiger partial charge in [0.2, 0.25) is 0 Å². The van der Waals surface area contributed by atoms with E-state index in [-0.39, 0.29) is 0 Å². The van der Waals surface area contributed by atoms with E-state index in [1.165, 1.54) is 0 Å². The zero-order chi connectivity index (χ0) is 18.7. The van der Waals surface area contributed by atoms with E-state index in [0.29, 0.717) is 18.5 Å². The molecule has 2 heterocycles. The van der Waals surface area contributed by atoms with Gasteiger partial charge in [0.05, 0.1) is 0 Å². The number of benzene rings is 1. The average molecular weight is 437 g/mol. The van der Waals surface area contributed by atoms with E-state index < -0.39 is 23.5 Å². The minimum atomic E-state index is -1.05. The summed E-state index contributed by atoms with van der Waals surface area (Å²) >= 11 is 4.91. The van der Waals surface area contributed by atoms with E-state index in [9.17, 15) is 14.4 Å². The summed E-state index contributed by atoms with van der Waals surface area (Å²) < 4.78 is 0.874. The number of nitrogens with zero attached hydrogens (tertiary/aromatic N) is 1. The molecule has 0 aliphatic carbocycles. The molecule has 2 aromatic rings. The molecule has 1 aromatic carbocycles. The Balaban J connectivity index is 1.60. The highest BCUT2D eigenvalue weighted by Crippen LogP contribution is 2.23. The molecule has 1 aliphatic heterocycles. The fourth-order valence-electron chi connectivity index (χ4n) is 2.58. The molecule has 0 unspecified atom stereocenters. The highest BCUT2D eigenvalue weighted by molar-refractivity contribution is 9.10. The Bertz CT molecular complexity index is 825. The van der Waals surface area contributed by atoms with Crippen LogP contribution in [0, 0.1) is 0 Å². The van der Waals surface area contributed by atoms with Crippen molar-refractivity contribution in [1.82, 2.24) is 15.8 Å². The summed E-state index contributed by atoms with van der Waals surface area (Å²) in [6, 6.07) is 9.54. The van der Waals surface area contributed by atoms with Crippen LogP contribution in [-0.2, 0) is 11.2 Å². The molecular formula is C17H17BrN4O3S. The van der Waals surface area contributed by atoms with Gasteiger partial charge in [-0.2, -0.15) is 5.01 Å². The highest BCUT2D eigenvalue weighted by Gasteiger charge is 2.48. The number of hydrogen-bond donors (Lipinski definition) is 3. The molecule has 3 rings (SSSR count). The topological polar surface area (TPSA) is 90.5 Å². The number of carbonyl (C=O) groups is 3. The lowest BCUT2D eigenvalue weighted by Gasteiger charge is -2.21. The lowest BCUT2D eigenvalue weighted by Crippen LogP contribution is -2.50. The van der Waals surface area contributed by atoms with Gasteiger partial charge in [-0.1, -0.05) is 22.0 Å². The Hall–Kier alpha value is -2.39. The number of thiophene rings is 1. The van der Waals surface area contributed by atoms with Gasteiger partial charge < -0.3 is 10.6 Å². The number of imide groups is 1. The van der Waals surface area contributed by atoms with Crippen LogP contribution in [0.3, 0.4) is 0 Å². The number of carbonyl (C=O) groups excluding carboxylic acids is 3. The van der Waals surface area contributed by atoms with Crippen LogP contribution in [0.15, 0.2) is 46.3 Å². The minimum Gasteiger partial charge on any atom is -0.322 e. The van der Waals surface area contributed by atoms with Gasteiger partial charge in [-0.15, -0.1) is 11.3 Å². The van der Waals surface area contributed by atoms with Crippen LogP contribution in [0.2, 0.25) is 0 Å². The monoisotopic (exact) mass is 436 g/mol. The predicted molar refractivity (Wildman–Crippen MR) is 103 cm³/mol. The predicted octanol–water partition coefficient (Wildman–Crippen LogP) is 3.49. The highest BCUT2D eigenvalue weighted by atomic mass is 79.9. The molecule has 1 fully saturated rings. The first-order valence-corrected chi connectivity index (χ1v) is 9.57. The third kappa shape index (κ3) is 4.05. The van der Waals surface area contributed by atoms with Crippen molar-refractivity contribution in [1.29, 1.82) is 0 Å². The van der Waals surface area contributed by atoms with Gasteiger partial charge >= 0.3 is 12.1 Å². The summed E-state index contributed by atoms with van der Waals surface area (Å²) in [7, 11) is 0. The molecule has 7 nitrogen and oxygen atoms in total. The third-order valence-electron chi connectivity index (χ3n) is 4.03. The van der Waals surface area contributed by atoms with Crippen LogP contribution in [0.25, 0.3) is 0 Å². The van der Waals surface area contributed by atoms with Crippen molar-refractivity contribution in [2.75, 3.05) is 5.32 Å². The Kier molecular flexibility index (Phi) is 5.28. The summed E-state index contributed by atoms with van der Waals surface area (Å²) in [6.07, 6.45) is 1.11. The van der Waals surface area contributed by atoms with Crippen LogP contribution in [0.4, 0.5) is 15.3 Å². The summed E-state index contributed by atoms with van der Waals surface area (Å²) in [6.45, 7) is 1.66. The van der Waals surface area contributed by atoms with Gasteiger partial charge in [-0.25, -0.2) is 15.0 Å². The van der Waals surface area contributed by atoms with Crippen molar-refractivity contribution in [3.8, 4) is 0 Å². The average Bonchev–Trinajstić information content (AvgIpc) is 3.19. The second-order valence-electron chi connectivity index (χ2n) is 6.06. The molecule has 3 N–H and O–H groups in total. The molecule has 0 radical (unpaired) electrons.